The molecule has 0 spiro atoms. The number of pyridine rings is 2. The third kappa shape index (κ3) is 10.8. The summed E-state index contributed by atoms with van der Waals surface area (Å²) in [6.45, 7) is 0.732. The van der Waals surface area contributed by atoms with Gasteiger partial charge in [0.05, 0.1) is 47.4 Å². The van der Waals surface area contributed by atoms with E-state index in [1.54, 1.807) is 43.2 Å². The number of nitrogens with zero attached hydrogens (tertiary/aromatic N) is 3. The van der Waals surface area contributed by atoms with E-state index in [1.807, 2.05) is 24.3 Å². The summed E-state index contributed by atoms with van der Waals surface area (Å²) in [6.07, 6.45) is 2.88. The summed E-state index contributed by atoms with van der Waals surface area (Å²) in [5.41, 5.74) is 7.59. The lowest BCUT2D eigenvalue weighted by Gasteiger charge is -2.09. The second kappa shape index (κ2) is 18.5. The molecule has 0 fully saturated rings. The van der Waals surface area contributed by atoms with E-state index in [9.17, 15) is 19.7 Å². The van der Waals surface area contributed by atoms with E-state index < -0.39 is 4.92 Å². The van der Waals surface area contributed by atoms with Crippen LogP contribution in [0.3, 0.4) is 0 Å². The summed E-state index contributed by atoms with van der Waals surface area (Å²) in [5.74, 6) is 1.44. The van der Waals surface area contributed by atoms with Gasteiger partial charge in [-0.15, -0.1) is 0 Å². The number of nitro groups is 1. The Labute approximate surface area is 261 Å². The van der Waals surface area contributed by atoms with Gasteiger partial charge in [-0.05, 0) is 73.3 Å². The number of nitrogens with two attached hydrogens (primary N) is 1. The molecule has 4 rings (SSSR count). The molecule has 228 valence electrons. The molecule has 2 aromatic carbocycles. The first-order valence-corrected chi connectivity index (χ1v) is 13.1. The molecule has 13 heteroatoms. The number of aliphatic hydroxyl groups is 1. The van der Waals surface area contributed by atoms with Crippen LogP contribution in [-0.4, -0.2) is 40.5 Å². The van der Waals surface area contributed by atoms with E-state index in [1.165, 1.54) is 29.0 Å². The van der Waals surface area contributed by atoms with Crippen molar-refractivity contribution >= 4 is 43.2 Å². The summed E-state index contributed by atoms with van der Waals surface area (Å²) >= 11 is 6.77. The van der Waals surface area contributed by atoms with Crippen molar-refractivity contribution in [2.75, 3.05) is 27.1 Å². The predicted octanol–water partition coefficient (Wildman–Crippen LogP) is 5.71. The maximum atomic E-state index is 11.7. The number of hydrogen-bond acceptors (Lipinski definition) is 8. The number of methoxy groups -OCH3 is 2. The number of benzene rings is 2. The van der Waals surface area contributed by atoms with Gasteiger partial charge in [0.25, 0.3) is 16.8 Å². The molecule has 0 unspecified atom stereocenters. The van der Waals surface area contributed by atoms with Crippen molar-refractivity contribution in [3.05, 3.63) is 124 Å². The molecular weight excluding hydrogens is 676 g/mol. The van der Waals surface area contributed by atoms with Crippen LogP contribution in [0.2, 0.25) is 0 Å². The minimum atomic E-state index is -0.528. The van der Waals surface area contributed by atoms with Gasteiger partial charge in [0, 0.05) is 37.2 Å². The summed E-state index contributed by atoms with van der Waals surface area (Å²) < 4.78 is 14.8. The first-order chi connectivity index (χ1) is 19.1. The zero-order chi connectivity index (χ0) is 29.8. The molecular formula is C29H36Br2N4O7. The van der Waals surface area contributed by atoms with E-state index in [0.717, 1.165) is 32.9 Å². The van der Waals surface area contributed by atoms with Crippen molar-refractivity contribution in [1.29, 1.82) is 0 Å². The standard InChI is InChI=1S/C13H11BrN2O4.C13H13BrN2O2.CH4O.2CH4/c1-20-12-4-2-9(6-11(12)14)7-15-8-10(16(18)19)3-5-13(15)17;1-18-12-4-2-9(6-11(12)14)7-16-8-10(15)3-5-13(16)17;1-2;;/h2-6,8H,7H2,1H3;2-6,8H,7,15H2,1H3;2H,1H3;2*1H4. The third-order valence-corrected chi connectivity index (χ3v) is 6.56. The summed E-state index contributed by atoms with van der Waals surface area (Å²) in [6, 6.07) is 16.5. The molecule has 0 bridgehead atoms. The van der Waals surface area contributed by atoms with Gasteiger partial charge in [0.15, 0.2) is 0 Å². The largest absolute Gasteiger partial charge is 0.496 e. The molecule has 3 N–H and O–H groups in total. The highest BCUT2D eigenvalue weighted by atomic mass is 79.9. The molecule has 0 aliphatic heterocycles. The van der Waals surface area contributed by atoms with Crippen LogP contribution in [0.4, 0.5) is 11.4 Å². The Morgan fingerprint density at radius 3 is 1.62 bits per heavy atom. The smallest absolute Gasteiger partial charge is 0.285 e. The maximum Gasteiger partial charge on any atom is 0.285 e. The second-order valence-electron chi connectivity index (χ2n) is 7.98. The minimum Gasteiger partial charge on any atom is -0.496 e. The Hall–Kier alpha value is -3.94. The number of nitrogen functional groups attached to an aromatic ring is 1. The number of hydrogen-bond donors (Lipinski definition) is 2. The van der Waals surface area contributed by atoms with E-state index in [4.69, 9.17) is 20.3 Å². The lowest BCUT2D eigenvalue weighted by atomic mass is 10.2. The van der Waals surface area contributed by atoms with Gasteiger partial charge in [-0.2, -0.15) is 0 Å². The molecule has 2 aromatic heterocycles. The molecule has 0 aliphatic carbocycles. The Morgan fingerprint density at radius 1 is 0.786 bits per heavy atom. The zero-order valence-corrected chi connectivity index (χ0v) is 25.1. The summed E-state index contributed by atoms with van der Waals surface area (Å²) in [4.78, 5) is 33.6. The number of ether oxygens (including phenoxy) is 2. The Bertz CT molecular complexity index is 1570. The fraction of sp³-hybridized carbons (Fsp3) is 0.241. The van der Waals surface area contributed by atoms with Crippen molar-refractivity contribution in [2.24, 2.45) is 0 Å². The van der Waals surface area contributed by atoms with E-state index in [-0.39, 0.29) is 38.2 Å². The number of anilines is 1. The number of aromatic nitrogens is 2. The molecule has 0 amide bonds. The van der Waals surface area contributed by atoms with Crippen LogP contribution in [0.5, 0.6) is 11.5 Å². The van der Waals surface area contributed by atoms with Crippen LogP contribution < -0.4 is 26.3 Å². The predicted molar refractivity (Wildman–Crippen MR) is 174 cm³/mol. The molecule has 42 heavy (non-hydrogen) atoms. The van der Waals surface area contributed by atoms with Gasteiger partial charge in [0.1, 0.15) is 11.5 Å². The number of aliphatic hydroxyl groups excluding tert-OH is 1. The average Bonchev–Trinajstić information content (AvgIpc) is 2.93. The van der Waals surface area contributed by atoms with Crippen molar-refractivity contribution < 1.29 is 19.5 Å². The molecule has 2 heterocycles. The lowest BCUT2D eigenvalue weighted by molar-refractivity contribution is -0.385. The molecule has 0 atom stereocenters. The highest BCUT2D eigenvalue weighted by Crippen LogP contribution is 2.26. The van der Waals surface area contributed by atoms with Crippen LogP contribution in [0.1, 0.15) is 26.0 Å². The zero-order valence-electron chi connectivity index (χ0n) is 21.9. The fourth-order valence-corrected chi connectivity index (χ4v) is 4.61. The Kier molecular flexibility index (Phi) is 16.7. The molecule has 4 aromatic rings. The number of rotatable bonds is 7. The number of halogens is 2. The van der Waals surface area contributed by atoms with E-state index >= 15 is 0 Å². The van der Waals surface area contributed by atoms with Crippen LogP contribution in [0.25, 0.3) is 0 Å². The minimum absolute atomic E-state index is 0. The quantitative estimate of drug-likeness (QED) is 0.183. The van der Waals surface area contributed by atoms with Crippen LogP contribution >= 0.6 is 31.9 Å². The fourth-order valence-electron chi connectivity index (χ4n) is 3.43. The van der Waals surface area contributed by atoms with E-state index in [0.29, 0.717) is 18.0 Å². The van der Waals surface area contributed by atoms with Crippen LogP contribution in [0.15, 0.2) is 91.6 Å². The third-order valence-electron chi connectivity index (χ3n) is 5.32. The Balaban J connectivity index is 0.000000726. The molecule has 11 nitrogen and oxygen atoms in total. The first-order valence-electron chi connectivity index (χ1n) is 11.5. The average molecular weight is 712 g/mol. The van der Waals surface area contributed by atoms with Crippen LogP contribution in [-0.2, 0) is 13.1 Å². The summed E-state index contributed by atoms with van der Waals surface area (Å²) in [5, 5.41) is 17.7. The second-order valence-corrected chi connectivity index (χ2v) is 9.69. The van der Waals surface area contributed by atoms with Gasteiger partial charge >= 0.3 is 0 Å². The monoisotopic (exact) mass is 710 g/mol. The van der Waals surface area contributed by atoms with Crippen molar-refractivity contribution in [1.82, 2.24) is 9.13 Å². The normalized spacial score (nSPS) is 9.48. The van der Waals surface area contributed by atoms with Crippen LogP contribution in [0, 0.1) is 10.1 Å². The molecule has 0 saturated heterocycles. The maximum absolute atomic E-state index is 11.7. The SMILES string of the molecule is C.C.CO.COc1ccc(Cn2cc(N)ccc2=O)cc1Br.COc1ccc(Cn2cc([N+](=O)[O-])ccc2=O)cc1Br. The van der Waals surface area contributed by atoms with Gasteiger partial charge < -0.3 is 29.4 Å². The highest BCUT2D eigenvalue weighted by Gasteiger charge is 2.09. The lowest BCUT2D eigenvalue weighted by Crippen LogP contribution is -2.19. The Morgan fingerprint density at radius 2 is 1.21 bits per heavy atom. The van der Waals surface area contributed by atoms with Crippen molar-refractivity contribution in [3.63, 3.8) is 0 Å². The summed E-state index contributed by atoms with van der Waals surface area (Å²) in [7, 11) is 4.17. The van der Waals surface area contributed by atoms with Gasteiger partial charge in [0.2, 0.25) is 0 Å². The van der Waals surface area contributed by atoms with Gasteiger partial charge in [-0.25, -0.2) is 0 Å². The van der Waals surface area contributed by atoms with E-state index in [2.05, 4.69) is 31.9 Å². The first kappa shape index (κ1) is 38.1. The molecule has 0 radical (unpaired) electrons. The molecule has 0 aliphatic rings. The highest BCUT2D eigenvalue weighted by molar-refractivity contribution is 9.10. The van der Waals surface area contributed by atoms with Crippen molar-refractivity contribution in [2.45, 2.75) is 27.9 Å². The topological polar surface area (TPSA) is 152 Å². The van der Waals surface area contributed by atoms with Crippen molar-refractivity contribution in [3.8, 4) is 11.5 Å². The van der Waals surface area contributed by atoms with Gasteiger partial charge in [-0.3, -0.25) is 19.7 Å². The molecule has 0 saturated carbocycles. The van der Waals surface area contributed by atoms with Gasteiger partial charge in [-0.1, -0.05) is 27.0 Å².